The summed E-state index contributed by atoms with van der Waals surface area (Å²) in [6.45, 7) is 2.06. The van der Waals surface area contributed by atoms with Crippen molar-refractivity contribution in [3.05, 3.63) is 22.3 Å². The quantitative estimate of drug-likeness (QED) is 0.584. The number of hydrogen-bond acceptors (Lipinski definition) is 2. The molecule has 3 aliphatic carbocycles. The number of fused-ring (bicyclic) bond motifs is 1. The van der Waals surface area contributed by atoms with Crippen molar-refractivity contribution >= 4 is 5.97 Å². The molecule has 0 aromatic rings. The maximum absolute atomic E-state index is 12.1. The number of hydrogen-bond donors (Lipinski definition) is 0. The van der Waals surface area contributed by atoms with Crippen LogP contribution in [-0.2, 0) is 25.1 Å². The molecule has 0 amide bonds. The van der Waals surface area contributed by atoms with Gasteiger partial charge in [0.25, 0.3) is 0 Å². The zero-order valence-corrected chi connectivity index (χ0v) is 16.0. The molecular weight excluding hydrogens is 308 g/mol. The van der Waals surface area contributed by atoms with Crippen molar-refractivity contribution in [3.63, 3.8) is 0 Å². The maximum atomic E-state index is 12.1. The van der Waals surface area contributed by atoms with E-state index < -0.39 is 17.0 Å². The van der Waals surface area contributed by atoms with Crippen LogP contribution in [0.1, 0.15) is 71.1 Å². The molecule has 0 saturated carbocycles. The molecule has 0 aromatic carbocycles. The van der Waals surface area contributed by atoms with Crippen molar-refractivity contribution in [1.29, 1.82) is 0 Å². The molecule has 0 atom stereocenters. The van der Waals surface area contributed by atoms with Crippen LogP contribution in [0.4, 0.5) is 0 Å². The van der Waals surface area contributed by atoms with Gasteiger partial charge in [-0.1, -0.05) is 0 Å². The van der Waals surface area contributed by atoms with Crippen molar-refractivity contribution in [2.24, 2.45) is 0 Å². The van der Waals surface area contributed by atoms with Gasteiger partial charge < -0.3 is 0 Å². The Bertz CT molecular complexity index is 496. The molecule has 0 N–H and O–H groups in total. The van der Waals surface area contributed by atoms with Crippen LogP contribution in [0.25, 0.3) is 0 Å². The van der Waals surface area contributed by atoms with Gasteiger partial charge in [0.05, 0.1) is 0 Å². The first-order chi connectivity index (χ1) is 10.5. The Morgan fingerprint density at radius 1 is 1.00 bits per heavy atom. The van der Waals surface area contributed by atoms with E-state index in [-0.39, 0.29) is 5.97 Å². The third-order valence-corrected chi connectivity index (χ3v) is 10.0. The number of rotatable bonds is 4. The zero-order chi connectivity index (χ0) is 15.7. The number of carbonyl (C=O) groups is 1. The van der Waals surface area contributed by atoms with Crippen LogP contribution in [0.3, 0.4) is 0 Å². The number of carbonyl (C=O) groups excluding carboxylic acids is 1. The van der Waals surface area contributed by atoms with Crippen LogP contribution in [0.15, 0.2) is 22.3 Å². The minimum absolute atomic E-state index is 0.0512. The van der Waals surface area contributed by atoms with Gasteiger partial charge in [-0.25, -0.2) is 0 Å². The molecular formula is C19H30O2Ti. The molecule has 0 saturated heterocycles. The van der Waals surface area contributed by atoms with E-state index in [0.717, 1.165) is 6.42 Å². The Balaban J connectivity index is 1.91. The first kappa shape index (κ1) is 16.5. The van der Waals surface area contributed by atoms with E-state index in [2.05, 4.69) is 17.4 Å². The van der Waals surface area contributed by atoms with Crippen LogP contribution >= 0.6 is 0 Å². The molecule has 0 unspecified atom stereocenters. The predicted octanol–water partition coefficient (Wildman–Crippen LogP) is 6.04. The van der Waals surface area contributed by atoms with Crippen LogP contribution < -0.4 is 0 Å². The minimum atomic E-state index is -2.63. The zero-order valence-electron chi connectivity index (χ0n) is 14.5. The second-order valence-electron chi connectivity index (χ2n) is 7.68. The summed E-state index contributed by atoms with van der Waals surface area (Å²) in [5, 5.41) is 4.64. The Labute approximate surface area is 139 Å². The van der Waals surface area contributed by atoms with Gasteiger partial charge in [-0.3, -0.25) is 0 Å². The summed E-state index contributed by atoms with van der Waals surface area (Å²) in [6.07, 6.45) is 11.9. The topological polar surface area (TPSA) is 26.3 Å². The Morgan fingerprint density at radius 3 is 2.00 bits per heavy atom. The van der Waals surface area contributed by atoms with Crippen molar-refractivity contribution in [1.82, 2.24) is 0 Å². The Hall–Kier alpha value is -0.336. The molecule has 0 aromatic heterocycles. The van der Waals surface area contributed by atoms with Crippen molar-refractivity contribution < 1.29 is 25.1 Å². The van der Waals surface area contributed by atoms with Gasteiger partial charge >= 0.3 is 139 Å². The van der Waals surface area contributed by atoms with Crippen molar-refractivity contribution in [2.75, 3.05) is 0 Å². The molecule has 3 heteroatoms. The molecule has 3 rings (SSSR count). The average Bonchev–Trinajstić information content (AvgIpc) is 2.82. The van der Waals surface area contributed by atoms with E-state index >= 15 is 0 Å². The van der Waals surface area contributed by atoms with E-state index in [4.69, 9.17) is 3.32 Å². The average molecular weight is 338 g/mol. The summed E-state index contributed by atoms with van der Waals surface area (Å²) in [6, 6.07) is 0. The van der Waals surface area contributed by atoms with Crippen LogP contribution in [0.5, 0.6) is 0 Å². The van der Waals surface area contributed by atoms with Gasteiger partial charge in [-0.05, 0) is 0 Å². The standard InChI is InChI=1S/C13H17.C4H8O2.2CH3.Ti/c1-3-7-12-10(5-1)9-11-6-2-4-8-13(11)12;1-2-3-4(5)6;;;/h9H,1-8H2;2-3H2,1H3,(H,5,6);2*1H3;/q;;;;+1/p-1. The first-order valence-corrected chi connectivity index (χ1v) is 13.9. The molecule has 2 nitrogen and oxygen atoms in total. The summed E-state index contributed by atoms with van der Waals surface area (Å²) < 4.78 is 6.69. The number of allylic oxidation sites excluding steroid dienone is 4. The first-order valence-electron chi connectivity index (χ1n) is 9.20. The second kappa shape index (κ2) is 6.65. The predicted molar refractivity (Wildman–Crippen MR) is 87.5 cm³/mol. The fourth-order valence-corrected chi connectivity index (χ4v) is 9.72. The molecule has 122 valence electrons. The van der Waals surface area contributed by atoms with Gasteiger partial charge in [-0.2, -0.15) is 0 Å². The fraction of sp³-hybridized carbons (Fsp3) is 0.737. The van der Waals surface area contributed by atoms with Crippen molar-refractivity contribution in [2.45, 2.75) is 85.8 Å². The third-order valence-electron chi connectivity index (χ3n) is 5.61. The van der Waals surface area contributed by atoms with Crippen LogP contribution in [-0.4, -0.2) is 5.97 Å². The normalized spacial score (nSPS) is 22.7. The Kier molecular flexibility index (Phi) is 4.99. The van der Waals surface area contributed by atoms with Crippen LogP contribution in [0.2, 0.25) is 14.7 Å². The summed E-state index contributed by atoms with van der Waals surface area (Å²) in [7, 11) is 0. The molecule has 0 bridgehead atoms. The molecule has 0 fully saturated rings. The van der Waals surface area contributed by atoms with E-state index in [9.17, 15) is 4.79 Å². The van der Waals surface area contributed by atoms with Gasteiger partial charge in [0.15, 0.2) is 0 Å². The fourth-order valence-electron chi connectivity index (χ4n) is 4.84. The Morgan fingerprint density at radius 2 is 1.50 bits per heavy atom. The summed E-state index contributed by atoms with van der Waals surface area (Å²) in [5.41, 5.74) is 6.81. The molecule has 0 spiro atoms. The molecule has 22 heavy (non-hydrogen) atoms. The monoisotopic (exact) mass is 338 g/mol. The summed E-state index contributed by atoms with van der Waals surface area (Å²) in [4.78, 5) is 12.1. The van der Waals surface area contributed by atoms with Gasteiger partial charge in [0, 0.05) is 0 Å². The van der Waals surface area contributed by atoms with E-state index in [1.165, 1.54) is 51.4 Å². The van der Waals surface area contributed by atoms with E-state index in [1.807, 2.05) is 0 Å². The van der Waals surface area contributed by atoms with Gasteiger partial charge in [0.2, 0.25) is 0 Å². The summed E-state index contributed by atoms with van der Waals surface area (Å²) in [5.74, 6) is 0.0512. The SMILES string of the molecule is CCCC(=O)[O][Ti]([CH3])([CH3])[CH]1C2=C(CCCC2)C2=C1CCCC2. The van der Waals surface area contributed by atoms with Gasteiger partial charge in [-0.15, -0.1) is 0 Å². The summed E-state index contributed by atoms with van der Waals surface area (Å²) >= 11 is -2.63. The van der Waals surface area contributed by atoms with Gasteiger partial charge in [0.1, 0.15) is 0 Å². The van der Waals surface area contributed by atoms with E-state index in [1.54, 1.807) is 22.3 Å². The molecule has 0 aliphatic heterocycles. The molecule has 3 aliphatic rings. The third kappa shape index (κ3) is 3.02. The molecule has 0 heterocycles. The van der Waals surface area contributed by atoms with Crippen molar-refractivity contribution in [3.8, 4) is 0 Å². The van der Waals surface area contributed by atoms with E-state index in [0.29, 0.717) is 10.6 Å². The molecule has 0 radical (unpaired) electrons. The second-order valence-corrected chi connectivity index (χ2v) is 13.9. The van der Waals surface area contributed by atoms with Crippen LogP contribution in [0, 0.1) is 0 Å².